The Morgan fingerprint density at radius 3 is 2.81 bits per heavy atom. The van der Waals surface area contributed by atoms with E-state index in [0.717, 1.165) is 18.2 Å². The van der Waals surface area contributed by atoms with E-state index in [1.165, 1.54) is 0 Å². The number of carbonyl (C=O) groups is 2. The lowest BCUT2D eigenvalue weighted by Gasteiger charge is -2.09. The number of rotatable bonds is 4. The molecular weight excluding hydrogens is 283 g/mol. The number of anilines is 1. The van der Waals surface area contributed by atoms with Gasteiger partial charge in [0.05, 0.1) is 17.8 Å². The van der Waals surface area contributed by atoms with Gasteiger partial charge in [0.25, 0.3) is 0 Å². The predicted octanol–water partition coefficient (Wildman–Crippen LogP) is 1.54. The standard InChI is InChI=1S/C12H11FN4O4/c1-6-15-10(17-21-6)5-14-12(20)16-9-4-7(13)2-3-8(9)11(18)19/h2-4H,5H2,1H3,(H,18,19)(H2,14,16,20). The van der Waals surface area contributed by atoms with Crippen LogP contribution in [0.25, 0.3) is 0 Å². The molecule has 110 valence electrons. The van der Waals surface area contributed by atoms with E-state index in [1.807, 2.05) is 0 Å². The third-order valence-corrected chi connectivity index (χ3v) is 2.44. The zero-order valence-corrected chi connectivity index (χ0v) is 10.9. The van der Waals surface area contributed by atoms with Crippen LogP contribution in [0.5, 0.6) is 0 Å². The summed E-state index contributed by atoms with van der Waals surface area (Å²) in [5.41, 5.74) is -0.369. The summed E-state index contributed by atoms with van der Waals surface area (Å²) in [4.78, 5) is 26.5. The normalized spacial score (nSPS) is 10.2. The van der Waals surface area contributed by atoms with Gasteiger partial charge in [-0.3, -0.25) is 0 Å². The molecule has 0 aliphatic heterocycles. The Bertz CT molecular complexity index is 686. The van der Waals surface area contributed by atoms with Crippen LogP contribution in [0.4, 0.5) is 14.9 Å². The van der Waals surface area contributed by atoms with E-state index in [0.29, 0.717) is 5.89 Å². The van der Waals surface area contributed by atoms with Gasteiger partial charge in [-0.15, -0.1) is 0 Å². The van der Waals surface area contributed by atoms with Gasteiger partial charge in [-0.25, -0.2) is 14.0 Å². The number of aryl methyl sites for hydroxylation is 1. The average molecular weight is 294 g/mol. The lowest BCUT2D eigenvalue weighted by molar-refractivity contribution is 0.0698. The topological polar surface area (TPSA) is 117 Å². The van der Waals surface area contributed by atoms with Crippen molar-refractivity contribution >= 4 is 17.7 Å². The molecule has 1 aromatic carbocycles. The molecular formula is C12H11FN4O4. The Hall–Kier alpha value is -2.97. The molecule has 1 aromatic heterocycles. The second kappa shape index (κ2) is 5.99. The Labute approximate surface area is 118 Å². The van der Waals surface area contributed by atoms with Crippen molar-refractivity contribution in [2.45, 2.75) is 13.5 Å². The molecule has 0 aliphatic rings. The number of amides is 2. The maximum absolute atomic E-state index is 13.1. The van der Waals surface area contributed by atoms with E-state index in [9.17, 15) is 14.0 Å². The van der Waals surface area contributed by atoms with Gasteiger partial charge in [-0.05, 0) is 18.2 Å². The summed E-state index contributed by atoms with van der Waals surface area (Å²) >= 11 is 0. The summed E-state index contributed by atoms with van der Waals surface area (Å²) in [6, 6.07) is 2.26. The van der Waals surface area contributed by atoms with Crippen LogP contribution in [-0.4, -0.2) is 27.2 Å². The minimum absolute atomic E-state index is 0.0130. The van der Waals surface area contributed by atoms with Crippen LogP contribution in [0, 0.1) is 12.7 Å². The van der Waals surface area contributed by atoms with Gasteiger partial charge >= 0.3 is 12.0 Å². The molecule has 0 saturated carbocycles. The van der Waals surface area contributed by atoms with Crippen molar-refractivity contribution in [2.75, 3.05) is 5.32 Å². The number of carbonyl (C=O) groups excluding carboxylic acids is 1. The average Bonchev–Trinajstić information content (AvgIpc) is 2.82. The van der Waals surface area contributed by atoms with Gasteiger partial charge in [0, 0.05) is 6.92 Å². The van der Waals surface area contributed by atoms with Gasteiger partial charge < -0.3 is 20.3 Å². The van der Waals surface area contributed by atoms with E-state index in [4.69, 9.17) is 9.63 Å². The molecule has 1 heterocycles. The van der Waals surface area contributed by atoms with E-state index in [2.05, 4.69) is 20.8 Å². The molecule has 2 amide bonds. The summed E-state index contributed by atoms with van der Waals surface area (Å²) in [7, 11) is 0. The second-order valence-electron chi connectivity index (χ2n) is 4.03. The van der Waals surface area contributed by atoms with E-state index in [-0.39, 0.29) is 23.6 Å². The highest BCUT2D eigenvalue weighted by Gasteiger charge is 2.13. The molecule has 0 atom stereocenters. The van der Waals surface area contributed by atoms with E-state index >= 15 is 0 Å². The molecule has 0 radical (unpaired) electrons. The first-order valence-corrected chi connectivity index (χ1v) is 5.82. The number of carboxylic acids is 1. The number of aromatic carboxylic acids is 1. The smallest absolute Gasteiger partial charge is 0.337 e. The summed E-state index contributed by atoms with van der Waals surface area (Å²) in [5, 5.41) is 17.2. The highest BCUT2D eigenvalue weighted by atomic mass is 19.1. The van der Waals surface area contributed by atoms with Crippen LogP contribution in [0.3, 0.4) is 0 Å². The second-order valence-corrected chi connectivity index (χ2v) is 4.03. The lowest BCUT2D eigenvalue weighted by atomic mass is 10.2. The number of nitrogens with zero attached hydrogens (tertiary/aromatic N) is 2. The summed E-state index contributed by atoms with van der Waals surface area (Å²) < 4.78 is 17.8. The predicted molar refractivity (Wildman–Crippen MR) is 68.3 cm³/mol. The summed E-state index contributed by atoms with van der Waals surface area (Å²) in [5.74, 6) is -1.32. The number of urea groups is 1. The number of benzene rings is 1. The highest BCUT2D eigenvalue weighted by Crippen LogP contribution is 2.17. The Balaban J connectivity index is 2.02. The maximum Gasteiger partial charge on any atom is 0.337 e. The van der Waals surface area contributed by atoms with Crippen molar-refractivity contribution in [3.8, 4) is 0 Å². The van der Waals surface area contributed by atoms with Crippen LogP contribution >= 0.6 is 0 Å². The zero-order valence-electron chi connectivity index (χ0n) is 10.9. The Kier molecular flexibility index (Phi) is 4.12. The number of aromatic nitrogens is 2. The number of carboxylic acid groups (broad SMARTS) is 1. The number of hydrogen-bond acceptors (Lipinski definition) is 5. The Morgan fingerprint density at radius 2 is 2.19 bits per heavy atom. The Morgan fingerprint density at radius 1 is 1.43 bits per heavy atom. The van der Waals surface area contributed by atoms with Gasteiger partial charge in [-0.1, -0.05) is 5.16 Å². The fourth-order valence-corrected chi connectivity index (χ4v) is 1.55. The highest BCUT2D eigenvalue weighted by molar-refractivity contribution is 5.99. The van der Waals surface area contributed by atoms with Crippen molar-refractivity contribution < 1.29 is 23.6 Å². The molecule has 0 fully saturated rings. The number of nitrogens with one attached hydrogen (secondary N) is 2. The lowest BCUT2D eigenvalue weighted by Crippen LogP contribution is -2.29. The quantitative estimate of drug-likeness (QED) is 0.787. The van der Waals surface area contributed by atoms with Gasteiger partial charge in [0.15, 0.2) is 5.82 Å². The van der Waals surface area contributed by atoms with Crippen LogP contribution in [0.2, 0.25) is 0 Å². The molecule has 3 N–H and O–H groups in total. The van der Waals surface area contributed by atoms with Crippen LogP contribution in [-0.2, 0) is 6.54 Å². The van der Waals surface area contributed by atoms with Crippen molar-refractivity contribution in [3.63, 3.8) is 0 Å². The molecule has 2 rings (SSSR count). The van der Waals surface area contributed by atoms with Crippen LogP contribution < -0.4 is 10.6 Å². The summed E-state index contributed by atoms with van der Waals surface area (Å²) in [6.07, 6.45) is 0. The van der Waals surface area contributed by atoms with Crippen molar-refractivity contribution in [3.05, 3.63) is 41.3 Å². The van der Waals surface area contributed by atoms with Gasteiger partial charge in [0.2, 0.25) is 5.89 Å². The number of hydrogen-bond donors (Lipinski definition) is 3. The van der Waals surface area contributed by atoms with Crippen LogP contribution in [0.1, 0.15) is 22.1 Å². The molecule has 0 bridgehead atoms. The molecule has 9 heteroatoms. The third kappa shape index (κ3) is 3.75. The monoisotopic (exact) mass is 294 g/mol. The number of halogens is 1. The maximum atomic E-state index is 13.1. The first kappa shape index (κ1) is 14.4. The first-order chi connectivity index (χ1) is 9.95. The molecule has 21 heavy (non-hydrogen) atoms. The van der Waals surface area contributed by atoms with Crippen LogP contribution in [0.15, 0.2) is 22.7 Å². The minimum atomic E-state index is -1.28. The fraction of sp³-hybridized carbons (Fsp3) is 0.167. The summed E-state index contributed by atoms with van der Waals surface area (Å²) in [6.45, 7) is 1.59. The van der Waals surface area contributed by atoms with Gasteiger partial charge in [0.1, 0.15) is 5.82 Å². The van der Waals surface area contributed by atoms with Crippen molar-refractivity contribution in [1.29, 1.82) is 0 Å². The van der Waals surface area contributed by atoms with E-state index in [1.54, 1.807) is 6.92 Å². The van der Waals surface area contributed by atoms with Gasteiger partial charge in [-0.2, -0.15) is 4.98 Å². The molecule has 8 nitrogen and oxygen atoms in total. The first-order valence-electron chi connectivity index (χ1n) is 5.82. The van der Waals surface area contributed by atoms with Crippen molar-refractivity contribution in [1.82, 2.24) is 15.5 Å². The molecule has 2 aromatic rings. The molecule has 0 aliphatic carbocycles. The minimum Gasteiger partial charge on any atom is -0.478 e. The largest absolute Gasteiger partial charge is 0.478 e. The molecule has 0 unspecified atom stereocenters. The third-order valence-electron chi connectivity index (χ3n) is 2.44. The molecule has 0 spiro atoms. The SMILES string of the molecule is Cc1nc(CNC(=O)Nc2cc(F)ccc2C(=O)O)no1. The zero-order chi connectivity index (χ0) is 15.4. The van der Waals surface area contributed by atoms with Crippen molar-refractivity contribution in [2.24, 2.45) is 0 Å². The van der Waals surface area contributed by atoms with E-state index < -0.39 is 17.8 Å². The molecule has 0 saturated heterocycles. The fourth-order valence-electron chi connectivity index (χ4n) is 1.55.